The molecule has 0 saturated heterocycles. The molecule has 7 rings (SSSR count). The van der Waals surface area contributed by atoms with E-state index >= 15 is 0 Å². The highest BCUT2D eigenvalue weighted by atomic mass is 32.1. The molecule has 0 spiro atoms. The van der Waals surface area contributed by atoms with Crippen LogP contribution in [0.3, 0.4) is 0 Å². The van der Waals surface area contributed by atoms with Crippen LogP contribution in [-0.2, 0) is 37.9 Å². The molecule has 0 nitrogen and oxygen atoms in total. The van der Waals surface area contributed by atoms with Crippen molar-refractivity contribution in [2.75, 3.05) is 0 Å². The number of fused-ring (bicyclic) bond motifs is 3. The summed E-state index contributed by atoms with van der Waals surface area (Å²) in [6.45, 7) is 46.7. The Morgan fingerprint density at radius 2 is 0.658 bits per heavy atom. The molecule has 4 aromatic carbocycles. The summed E-state index contributed by atoms with van der Waals surface area (Å²) < 4.78 is 0. The van der Waals surface area contributed by atoms with E-state index in [9.17, 15) is 0 Å². The molecule has 2 heteroatoms. The number of hydrogen-bond donors (Lipinski definition) is 0. The zero-order chi connectivity index (χ0) is 57.9. The van der Waals surface area contributed by atoms with Crippen molar-refractivity contribution in [2.24, 2.45) is 0 Å². The van der Waals surface area contributed by atoms with Gasteiger partial charge >= 0.3 is 0 Å². The van der Waals surface area contributed by atoms with Crippen LogP contribution in [0.1, 0.15) is 294 Å². The van der Waals surface area contributed by atoms with E-state index in [-0.39, 0.29) is 37.9 Å². The fourth-order valence-corrected chi connectivity index (χ4v) is 13.7. The first-order valence-corrected chi connectivity index (χ1v) is 32.4. The summed E-state index contributed by atoms with van der Waals surface area (Å²) in [5, 5.41) is 0. The first-order valence-electron chi connectivity index (χ1n) is 30.8. The van der Waals surface area contributed by atoms with Gasteiger partial charge in [-0.3, -0.25) is 0 Å². The normalized spacial score (nSPS) is 13.7. The van der Waals surface area contributed by atoms with Crippen molar-refractivity contribution in [3.05, 3.63) is 150 Å². The van der Waals surface area contributed by atoms with Gasteiger partial charge in [-0.15, -0.1) is 22.7 Å². The summed E-state index contributed by atoms with van der Waals surface area (Å²) in [6, 6.07) is 34.0. The third kappa shape index (κ3) is 14.7. The minimum absolute atomic E-state index is 0.0409. The largest absolute Gasteiger partial charge is 0.127 e. The molecule has 0 radical (unpaired) electrons. The van der Waals surface area contributed by atoms with E-state index < -0.39 is 0 Å². The molecule has 0 aliphatic heterocycles. The standard InChI is InChI=1S/C77H102S2/c1-21-23-25-27-29-31-45-77(46-32-30-28-26-24-22-2)67-47-53(69-43-37-57(78-69)35-41-61-63(73(9,10)11)49-55(71(3,4)5)50-64(61)74(12,13)14)33-39-59(67)60-40-34-54(48-68(60)77)70-44-38-58(79-70)36-42-62-65(75(15,16)17)51-56(72(6,7)8)52-66(62)76(18,19)20/h33-34,37-40,43-44,47-52H,21-32,45-46H2,1-20H3. The van der Waals surface area contributed by atoms with E-state index in [1.807, 2.05) is 22.7 Å². The molecular formula is C77H102S2. The molecule has 0 amide bonds. The van der Waals surface area contributed by atoms with Crippen molar-refractivity contribution in [2.45, 2.75) is 266 Å². The summed E-state index contributed by atoms with van der Waals surface area (Å²) in [5.74, 6) is 15.1. The van der Waals surface area contributed by atoms with Gasteiger partial charge < -0.3 is 0 Å². The number of rotatable bonds is 16. The zero-order valence-electron chi connectivity index (χ0n) is 53.3. The Hall–Kier alpha value is -4.60. The highest BCUT2D eigenvalue weighted by Crippen LogP contribution is 2.56. The predicted octanol–water partition coefficient (Wildman–Crippen LogP) is 23.5. The van der Waals surface area contributed by atoms with Crippen LogP contribution in [0.15, 0.2) is 84.9 Å². The monoisotopic (exact) mass is 1090 g/mol. The first kappa shape index (κ1) is 62.0. The lowest BCUT2D eigenvalue weighted by molar-refractivity contribution is 0.398. The second kappa shape index (κ2) is 24.5. The van der Waals surface area contributed by atoms with Gasteiger partial charge in [0, 0.05) is 26.3 Å². The molecule has 0 atom stereocenters. The van der Waals surface area contributed by atoms with Gasteiger partial charge in [-0.25, -0.2) is 0 Å². The Morgan fingerprint density at radius 3 is 0.962 bits per heavy atom. The van der Waals surface area contributed by atoms with E-state index in [4.69, 9.17) is 0 Å². The number of unbranched alkanes of at least 4 members (excludes halogenated alkanes) is 10. The third-order valence-electron chi connectivity index (χ3n) is 16.9. The second-order valence-corrected chi connectivity index (χ2v) is 32.0. The molecule has 0 fully saturated rings. The van der Waals surface area contributed by atoms with Gasteiger partial charge in [-0.2, -0.15) is 0 Å². The van der Waals surface area contributed by atoms with Crippen molar-refractivity contribution in [3.8, 4) is 55.7 Å². The Labute approximate surface area is 491 Å². The Bertz CT molecular complexity index is 2910. The summed E-state index contributed by atoms with van der Waals surface area (Å²) >= 11 is 3.71. The summed E-state index contributed by atoms with van der Waals surface area (Å²) in [5.41, 5.74) is 19.0. The van der Waals surface area contributed by atoms with Crippen LogP contribution >= 0.6 is 22.7 Å². The van der Waals surface area contributed by atoms with Gasteiger partial charge in [0.05, 0.1) is 9.75 Å². The van der Waals surface area contributed by atoms with Crippen LogP contribution in [0.2, 0.25) is 0 Å². The molecule has 79 heavy (non-hydrogen) atoms. The topological polar surface area (TPSA) is 0 Å². The zero-order valence-corrected chi connectivity index (χ0v) is 54.9. The SMILES string of the molecule is CCCCCCCCC1(CCCCCCCC)c2cc(-c3ccc(C#Cc4c(C(C)(C)C)cc(C(C)(C)C)cc4C(C)(C)C)s3)ccc2-c2ccc(-c3ccc(C#Cc4c(C(C)(C)C)cc(C(C)(C)C)cc4C(C)(C)C)s3)cc21. The maximum Gasteiger partial charge on any atom is 0.0778 e. The van der Waals surface area contributed by atoms with Crippen LogP contribution in [0.5, 0.6) is 0 Å². The minimum Gasteiger partial charge on any atom is -0.127 e. The smallest absolute Gasteiger partial charge is 0.0778 e. The molecule has 0 N–H and O–H groups in total. The number of benzene rings is 4. The molecule has 2 aromatic heterocycles. The second-order valence-electron chi connectivity index (χ2n) is 29.9. The van der Waals surface area contributed by atoms with Crippen molar-refractivity contribution in [1.29, 1.82) is 0 Å². The van der Waals surface area contributed by atoms with Crippen molar-refractivity contribution < 1.29 is 0 Å². The van der Waals surface area contributed by atoms with Crippen LogP contribution in [-0.4, -0.2) is 0 Å². The van der Waals surface area contributed by atoms with Crippen LogP contribution < -0.4 is 0 Å². The van der Waals surface area contributed by atoms with Crippen molar-refractivity contribution >= 4 is 22.7 Å². The van der Waals surface area contributed by atoms with Gasteiger partial charge in [0.25, 0.3) is 0 Å². The molecule has 2 heterocycles. The van der Waals surface area contributed by atoms with Gasteiger partial charge in [-0.1, -0.05) is 288 Å². The number of thiophene rings is 2. The van der Waals surface area contributed by atoms with E-state index in [2.05, 4.69) is 247 Å². The van der Waals surface area contributed by atoms with Crippen LogP contribution in [0, 0.1) is 23.7 Å². The highest BCUT2D eigenvalue weighted by molar-refractivity contribution is 7.16. The van der Waals surface area contributed by atoms with Gasteiger partial charge in [0.2, 0.25) is 0 Å². The Morgan fingerprint density at radius 1 is 0.342 bits per heavy atom. The Kier molecular flexibility index (Phi) is 19.2. The first-order chi connectivity index (χ1) is 36.9. The van der Waals surface area contributed by atoms with Gasteiger partial charge in [0.1, 0.15) is 0 Å². The quantitative estimate of drug-likeness (QED) is 0.0669. The minimum atomic E-state index is -0.0517. The van der Waals surface area contributed by atoms with Gasteiger partial charge in [-0.05, 0) is 148 Å². The summed E-state index contributed by atoms with van der Waals surface area (Å²) in [4.78, 5) is 4.84. The molecule has 0 bridgehead atoms. The molecule has 0 unspecified atom stereocenters. The van der Waals surface area contributed by atoms with Crippen LogP contribution in [0.4, 0.5) is 0 Å². The summed E-state index contributed by atoms with van der Waals surface area (Å²) in [6.07, 6.45) is 18.0. The fourth-order valence-electron chi connectivity index (χ4n) is 12.0. The lowest BCUT2D eigenvalue weighted by Crippen LogP contribution is -2.25. The molecule has 1 aliphatic carbocycles. The predicted molar refractivity (Wildman–Crippen MR) is 352 cm³/mol. The van der Waals surface area contributed by atoms with E-state index in [1.165, 1.54) is 166 Å². The summed E-state index contributed by atoms with van der Waals surface area (Å²) in [7, 11) is 0. The maximum absolute atomic E-state index is 3.81. The van der Waals surface area contributed by atoms with E-state index in [0.717, 1.165) is 9.75 Å². The fraction of sp³-hybridized carbons (Fsp3) is 0.532. The van der Waals surface area contributed by atoms with E-state index in [0.29, 0.717) is 0 Å². The van der Waals surface area contributed by atoms with Crippen molar-refractivity contribution in [3.63, 3.8) is 0 Å². The maximum atomic E-state index is 3.81. The average molecular weight is 1090 g/mol. The molecule has 1 aliphatic rings. The molecule has 6 aromatic rings. The van der Waals surface area contributed by atoms with Gasteiger partial charge in [0.15, 0.2) is 0 Å². The molecule has 422 valence electrons. The Balaban J connectivity index is 1.31. The lowest BCUT2D eigenvalue weighted by Gasteiger charge is -2.33. The average Bonchev–Trinajstić information content (AvgIpc) is 4.14. The van der Waals surface area contributed by atoms with Crippen LogP contribution in [0.25, 0.3) is 32.0 Å². The molecular weight excluding hydrogens is 989 g/mol. The highest BCUT2D eigenvalue weighted by Gasteiger charge is 2.43. The van der Waals surface area contributed by atoms with Crippen molar-refractivity contribution in [1.82, 2.24) is 0 Å². The molecule has 0 saturated carbocycles. The number of hydrogen-bond acceptors (Lipinski definition) is 2. The van der Waals surface area contributed by atoms with E-state index in [1.54, 1.807) is 11.1 Å². The lowest BCUT2D eigenvalue weighted by atomic mass is 9.70. The third-order valence-corrected chi connectivity index (χ3v) is 19.0.